The molecule has 3 aromatic rings. The van der Waals surface area contributed by atoms with Crippen LogP contribution in [0.15, 0.2) is 55.1 Å². The van der Waals surface area contributed by atoms with E-state index < -0.39 is 10.8 Å². The second-order valence-corrected chi connectivity index (χ2v) is 5.76. The Morgan fingerprint density at radius 3 is 2.43 bits per heavy atom. The van der Waals surface area contributed by atoms with E-state index in [0.29, 0.717) is 5.56 Å². The van der Waals surface area contributed by atoms with Crippen LogP contribution in [0.2, 0.25) is 0 Å². The van der Waals surface area contributed by atoms with E-state index in [1.54, 1.807) is 31.3 Å². The summed E-state index contributed by atoms with van der Waals surface area (Å²) in [5.74, 6) is -0.654. The fourth-order valence-corrected chi connectivity index (χ4v) is 2.54. The third kappa shape index (κ3) is 4.01. The maximum Gasteiger partial charge on any atom is 0.295 e. The van der Waals surface area contributed by atoms with Gasteiger partial charge in [0.15, 0.2) is 0 Å². The van der Waals surface area contributed by atoms with Crippen molar-refractivity contribution in [3.05, 3.63) is 81.9 Å². The Kier molecular flexibility index (Phi) is 5.40. The predicted molar refractivity (Wildman–Crippen MR) is 99.0 cm³/mol. The van der Waals surface area contributed by atoms with Crippen LogP contribution in [-0.2, 0) is 6.54 Å². The minimum absolute atomic E-state index is 0.151. The maximum absolute atomic E-state index is 12.4. The van der Waals surface area contributed by atoms with Crippen molar-refractivity contribution in [2.75, 3.05) is 7.05 Å². The van der Waals surface area contributed by atoms with Gasteiger partial charge in [-0.25, -0.2) is 9.67 Å². The lowest BCUT2D eigenvalue weighted by Gasteiger charge is -2.08. The van der Waals surface area contributed by atoms with E-state index in [4.69, 9.17) is 0 Å². The van der Waals surface area contributed by atoms with Crippen LogP contribution in [-0.4, -0.2) is 38.5 Å². The molecule has 1 heterocycles. The van der Waals surface area contributed by atoms with E-state index >= 15 is 0 Å². The summed E-state index contributed by atoms with van der Waals surface area (Å²) in [7, 11) is 1.55. The molecule has 0 unspecified atom stereocenters. The summed E-state index contributed by atoms with van der Waals surface area (Å²) in [6, 6.07) is 10.9. The van der Waals surface area contributed by atoms with Crippen molar-refractivity contribution < 1.29 is 14.5 Å². The zero-order chi connectivity index (χ0) is 20.1. The minimum atomic E-state index is -0.578. The lowest BCUT2D eigenvalue weighted by Crippen LogP contribution is -2.23. The molecule has 2 amide bonds. The third-order valence-electron chi connectivity index (χ3n) is 4.00. The Hall–Kier alpha value is -4.08. The molecule has 2 N–H and O–H groups in total. The number of hydrogen-bond donors (Lipinski definition) is 2. The third-order valence-corrected chi connectivity index (χ3v) is 4.00. The molecular formula is C18H16N6O4. The average Bonchev–Trinajstić information content (AvgIpc) is 3.26. The van der Waals surface area contributed by atoms with Gasteiger partial charge in [-0.15, -0.1) is 0 Å². The van der Waals surface area contributed by atoms with E-state index in [2.05, 4.69) is 20.7 Å². The van der Waals surface area contributed by atoms with Crippen LogP contribution in [0.25, 0.3) is 5.69 Å². The molecule has 142 valence electrons. The standard InChI is InChI=1S/C18H16N6O4/c1-19-17(25)13-4-2-12(3-5-13)9-21-18(26)14-6-7-15(16(8-14)24(27)28)23-11-20-10-22-23/h2-8,10-11H,9H2,1H3,(H,19,25)(H,21,26). The molecule has 0 spiro atoms. The largest absolute Gasteiger partial charge is 0.355 e. The smallest absolute Gasteiger partial charge is 0.295 e. The number of carbonyl (C=O) groups is 2. The zero-order valence-electron chi connectivity index (χ0n) is 14.8. The van der Waals surface area contributed by atoms with Crippen molar-refractivity contribution in [1.82, 2.24) is 25.4 Å². The molecule has 0 aliphatic rings. The number of hydrogen-bond acceptors (Lipinski definition) is 6. The molecule has 2 aromatic carbocycles. The fraction of sp³-hybridized carbons (Fsp3) is 0.111. The van der Waals surface area contributed by atoms with Gasteiger partial charge in [-0.3, -0.25) is 19.7 Å². The molecule has 0 saturated carbocycles. The van der Waals surface area contributed by atoms with Gasteiger partial charge in [0, 0.05) is 30.8 Å². The first-order valence-electron chi connectivity index (χ1n) is 8.22. The van der Waals surface area contributed by atoms with Gasteiger partial charge < -0.3 is 10.6 Å². The Balaban J connectivity index is 1.73. The number of rotatable bonds is 6. The molecule has 3 rings (SSSR count). The first-order valence-corrected chi connectivity index (χ1v) is 8.22. The summed E-state index contributed by atoms with van der Waals surface area (Å²) in [6.07, 6.45) is 2.60. The van der Waals surface area contributed by atoms with Gasteiger partial charge in [-0.05, 0) is 29.8 Å². The summed E-state index contributed by atoms with van der Waals surface area (Å²) in [6.45, 7) is 0.214. The Labute approximate surface area is 159 Å². The van der Waals surface area contributed by atoms with Gasteiger partial charge in [0.05, 0.1) is 4.92 Å². The van der Waals surface area contributed by atoms with Gasteiger partial charge in [0.1, 0.15) is 18.3 Å². The maximum atomic E-state index is 12.4. The van der Waals surface area contributed by atoms with Crippen LogP contribution < -0.4 is 10.6 Å². The van der Waals surface area contributed by atoms with E-state index in [9.17, 15) is 19.7 Å². The highest BCUT2D eigenvalue weighted by Crippen LogP contribution is 2.23. The van der Waals surface area contributed by atoms with Gasteiger partial charge in [0.25, 0.3) is 17.5 Å². The highest BCUT2D eigenvalue weighted by Gasteiger charge is 2.19. The first kappa shape index (κ1) is 18.7. The molecular weight excluding hydrogens is 364 g/mol. The van der Waals surface area contributed by atoms with Crippen molar-refractivity contribution in [1.29, 1.82) is 0 Å². The molecule has 0 atom stereocenters. The van der Waals surface area contributed by atoms with Crippen LogP contribution >= 0.6 is 0 Å². The van der Waals surface area contributed by atoms with Crippen LogP contribution in [0, 0.1) is 10.1 Å². The molecule has 0 aliphatic heterocycles. The van der Waals surface area contributed by atoms with Gasteiger partial charge in [-0.1, -0.05) is 12.1 Å². The molecule has 28 heavy (non-hydrogen) atoms. The molecule has 0 bridgehead atoms. The summed E-state index contributed by atoms with van der Waals surface area (Å²) < 4.78 is 1.26. The topological polar surface area (TPSA) is 132 Å². The fourth-order valence-electron chi connectivity index (χ4n) is 2.54. The first-order chi connectivity index (χ1) is 13.5. The monoisotopic (exact) mass is 380 g/mol. The summed E-state index contributed by atoms with van der Waals surface area (Å²) in [5, 5.41) is 20.5. The number of nitrogens with zero attached hydrogens (tertiary/aromatic N) is 4. The van der Waals surface area contributed by atoms with Crippen LogP contribution in [0.4, 0.5) is 5.69 Å². The van der Waals surface area contributed by atoms with Crippen molar-refractivity contribution >= 4 is 17.5 Å². The van der Waals surface area contributed by atoms with Crippen molar-refractivity contribution in [2.45, 2.75) is 6.54 Å². The molecule has 0 radical (unpaired) electrons. The van der Waals surface area contributed by atoms with Crippen LogP contribution in [0.1, 0.15) is 26.3 Å². The average molecular weight is 380 g/mol. The minimum Gasteiger partial charge on any atom is -0.355 e. The highest BCUT2D eigenvalue weighted by molar-refractivity contribution is 5.95. The summed E-state index contributed by atoms with van der Waals surface area (Å²) >= 11 is 0. The number of nitro groups is 1. The summed E-state index contributed by atoms with van der Waals surface area (Å²) in [5.41, 5.74) is 1.40. The number of nitrogens with one attached hydrogen (secondary N) is 2. The SMILES string of the molecule is CNC(=O)c1ccc(CNC(=O)c2ccc(-n3cncn3)c([N+](=O)[O-])c2)cc1. The second kappa shape index (κ2) is 8.08. The quantitative estimate of drug-likeness (QED) is 0.491. The number of amides is 2. The normalized spacial score (nSPS) is 10.3. The lowest BCUT2D eigenvalue weighted by molar-refractivity contribution is -0.384. The van der Waals surface area contributed by atoms with E-state index in [1.165, 1.54) is 35.5 Å². The second-order valence-electron chi connectivity index (χ2n) is 5.76. The highest BCUT2D eigenvalue weighted by atomic mass is 16.6. The van der Waals surface area contributed by atoms with Crippen molar-refractivity contribution in [3.63, 3.8) is 0 Å². The molecule has 1 aromatic heterocycles. The van der Waals surface area contributed by atoms with E-state index in [0.717, 1.165) is 5.56 Å². The van der Waals surface area contributed by atoms with E-state index in [1.807, 2.05) is 0 Å². The Morgan fingerprint density at radius 1 is 1.11 bits per heavy atom. The van der Waals surface area contributed by atoms with Crippen molar-refractivity contribution in [2.24, 2.45) is 0 Å². The Bertz CT molecular complexity index is 1020. The Morgan fingerprint density at radius 2 is 1.82 bits per heavy atom. The number of aromatic nitrogens is 3. The zero-order valence-corrected chi connectivity index (χ0v) is 14.8. The van der Waals surface area contributed by atoms with E-state index in [-0.39, 0.29) is 29.4 Å². The molecule has 0 fully saturated rings. The molecule has 10 heteroatoms. The predicted octanol–water partition coefficient (Wildman–Crippen LogP) is 1.47. The number of nitro benzene ring substituents is 1. The van der Waals surface area contributed by atoms with Crippen LogP contribution in [0.5, 0.6) is 0 Å². The molecule has 10 nitrogen and oxygen atoms in total. The number of benzene rings is 2. The lowest BCUT2D eigenvalue weighted by atomic mass is 10.1. The van der Waals surface area contributed by atoms with Crippen molar-refractivity contribution in [3.8, 4) is 5.69 Å². The van der Waals surface area contributed by atoms with Gasteiger partial charge in [-0.2, -0.15) is 5.10 Å². The molecule has 0 saturated heterocycles. The number of carbonyl (C=O) groups excluding carboxylic acids is 2. The summed E-state index contributed by atoms with van der Waals surface area (Å²) in [4.78, 5) is 38.5. The van der Waals surface area contributed by atoms with Crippen LogP contribution in [0.3, 0.4) is 0 Å². The van der Waals surface area contributed by atoms with Gasteiger partial charge in [0.2, 0.25) is 0 Å². The molecule has 0 aliphatic carbocycles. The van der Waals surface area contributed by atoms with Gasteiger partial charge >= 0.3 is 0 Å².